The molecule has 0 aromatic heterocycles. The van der Waals surface area contributed by atoms with Gasteiger partial charge in [-0.15, -0.1) is 6.58 Å². The minimum atomic E-state index is -1.45. The molecule has 0 bridgehead atoms. The Morgan fingerprint density at radius 2 is 1.91 bits per heavy atom. The molecule has 134 valence electrons. The molecule has 0 unspecified atom stereocenters. The fraction of sp³-hybridized carbons (Fsp3) is 0.875. The molecule has 7 heteroatoms. The molecule has 0 aromatic carbocycles. The van der Waals surface area contributed by atoms with Gasteiger partial charge in [-0.2, -0.15) is 0 Å². The third-order valence-corrected chi connectivity index (χ3v) is 4.79. The van der Waals surface area contributed by atoms with Crippen LogP contribution in [0.1, 0.15) is 33.6 Å². The lowest BCUT2D eigenvalue weighted by Crippen LogP contribution is -2.61. The normalized spacial score (nSPS) is 45.2. The fourth-order valence-electron chi connectivity index (χ4n) is 3.04. The van der Waals surface area contributed by atoms with E-state index in [1.54, 1.807) is 6.08 Å². The molecule has 0 aromatic rings. The third-order valence-electron chi connectivity index (χ3n) is 4.79. The molecule has 2 rings (SSSR count). The Balaban J connectivity index is 2.06. The van der Waals surface area contributed by atoms with Crippen molar-refractivity contribution in [2.24, 2.45) is 0 Å². The Morgan fingerprint density at radius 3 is 2.43 bits per heavy atom. The molecule has 0 spiro atoms. The maximum absolute atomic E-state index is 10.1. The first-order valence-corrected chi connectivity index (χ1v) is 7.93. The highest BCUT2D eigenvalue weighted by molar-refractivity contribution is 5.02. The van der Waals surface area contributed by atoms with Gasteiger partial charge in [-0.3, -0.25) is 0 Å². The number of aliphatic hydroxyl groups excluding tert-OH is 4. The zero-order valence-electron chi connectivity index (χ0n) is 13.9. The quantitative estimate of drug-likeness (QED) is 0.512. The topological polar surface area (TPSA) is 109 Å². The molecule has 7 atom stereocenters. The minimum Gasteiger partial charge on any atom is -0.394 e. The van der Waals surface area contributed by atoms with Crippen molar-refractivity contribution >= 4 is 0 Å². The predicted molar refractivity (Wildman–Crippen MR) is 81.6 cm³/mol. The molecule has 0 radical (unpaired) electrons. The van der Waals surface area contributed by atoms with E-state index >= 15 is 0 Å². The van der Waals surface area contributed by atoms with Crippen molar-refractivity contribution in [2.75, 3.05) is 6.61 Å². The SMILES string of the molecule is C=C[C@@]1(C)CC[C@H](C(C)(C)O[C@@H]2O[C@H](CO)[C@@H](O)[C@H](O)[C@H]2O)O1. The van der Waals surface area contributed by atoms with E-state index < -0.39 is 48.5 Å². The van der Waals surface area contributed by atoms with Crippen LogP contribution in [0, 0.1) is 0 Å². The van der Waals surface area contributed by atoms with Crippen LogP contribution in [0.25, 0.3) is 0 Å². The van der Waals surface area contributed by atoms with Crippen molar-refractivity contribution < 1.29 is 34.6 Å². The van der Waals surface area contributed by atoms with Crippen LogP contribution in [0.15, 0.2) is 12.7 Å². The van der Waals surface area contributed by atoms with E-state index in [2.05, 4.69) is 6.58 Å². The molecule has 7 nitrogen and oxygen atoms in total. The second kappa shape index (κ2) is 6.76. The van der Waals surface area contributed by atoms with Crippen molar-refractivity contribution in [2.45, 2.75) is 81.6 Å². The molecule has 23 heavy (non-hydrogen) atoms. The third kappa shape index (κ3) is 3.76. The van der Waals surface area contributed by atoms with E-state index in [0.717, 1.165) is 12.8 Å². The minimum absolute atomic E-state index is 0.238. The highest BCUT2D eigenvalue weighted by atomic mass is 16.7. The first kappa shape index (κ1) is 18.8. The summed E-state index contributed by atoms with van der Waals surface area (Å²) >= 11 is 0. The Morgan fingerprint density at radius 1 is 1.26 bits per heavy atom. The number of hydrogen-bond acceptors (Lipinski definition) is 7. The number of ether oxygens (including phenoxy) is 3. The Labute approximate surface area is 136 Å². The largest absolute Gasteiger partial charge is 0.394 e. The van der Waals surface area contributed by atoms with E-state index in [1.165, 1.54) is 0 Å². The second-order valence-electron chi connectivity index (χ2n) is 7.08. The summed E-state index contributed by atoms with van der Waals surface area (Å²) in [5.41, 5.74) is -1.21. The van der Waals surface area contributed by atoms with Crippen molar-refractivity contribution in [1.82, 2.24) is 0 Å². The summed E-state index contributed by atoms with van der Waals surface area (Å²) < 4.78 is 17.2. The lowest BCUT2D eigenvalue weighted by atomic mass is 9.95. The lowest BCUT2D eigenvalue weighted by Gasteiger charge is -2.44. The van der Waals surface area contributed by atoms with Gasteiger partial charge in [-0.05, 0) is 33.6 Å². The van der Waals surface area contributed by atoms with Crippen molar-refractivity contribution in [1.29, 1.82) is 0 Å². The van der Waals surface area contributed by atoms with Gasteiger partial charge in [0.2, 0.25) is 0 Å². The molecule has 0 saturated carbocycles. The van der Waals surface area contributed by atoms with Crippen LogP contribution in [0.3, 0.4) is 0 Å². The molecular formula is C16H28O7. The molecule has 2 heterocycles. The predicted octanol–water partition coefficient (Wildman–Crippen LogP) is -0.295. The molecule has 2 fully saturated rings. The number of rotatable bonds is 5. The van der Waals surface area contributed by atoms with Gasteiger partial charge in [-0.1, -0.05) is 6.08 Å². The van der Waals surface area contributed by atoms with Gasteiger partial charge in [0.15, 0.2) is 6.29 Å². The summed E-state index contributed by atoms with van der Waals surface area (Å²) in [6.45, 7) is 8.87. The summed E-state index contributed by atoms with van der Waals surface area (Å²) in [7, 11) is 0. The molecule has 2 aliphatic rings. The van der Waals surface area contributed by atoms with Crippen molar-refractivity contribution in [3.63, 3.8) is 0 Å². The molecule has 2 aliphatic heterocycles. The van der Waals surface area contributed by atoms with Crippen LogP contribution in [-0.4, -0.2) is 75.0 Å². The van der Waals surface area contributed by atoms with E-state index in [9.17, 15) is 20.4 Å². The molecular weight excluding hydrogens is 304 g/mol. The summed E-state index contributed by atoms with van der Waals surface area (Å²) in [4.78, 5) is 0. The first-order valence-electron chi connectivity index (χ1n) is 7.93. The van der Waals surface area contributed by atoms with Gasteiger partial charge in [0, 0.05) is 0 Å². The van der Waals surface area contributed by atoms with Crippen LogP contribution >= 0.6 is 0 Å². The number of hydrogen-bond donors (Lipinski definition) is 4. The second-order valence-corrected chi connectivity index (χ2v) is 7.08. The van der Waals surface area contributed by atoms with E-state index in [-0.39, 0.29) is 6.10 Å². The summed E-state index contributed by atoms with van der Waals surface area (Å²) in [5, 5.41) is 38.9. The highest BCUT2D eigenvalue weighted by Crippen LogP contribution is 2.38. The zero-order valence-corrected chi connectivity index (χ0v) is 13.9. The Kier molecular flexibility index (Phi) is 5.52. The van der Waals surface area contributed by atoms with Gasteiger partial charge >= 0.3 is 0 Å². The first-order chi connectivity index (χ1) is 10.6. The standard InChI is InChI=1S/C16H28O7/c1-5-16(4)7-6-10(22-16)15(2,3)23-14-13(20)12(19)11(18)9(8-17)21-14/h5,9-14,17-20H,1,6-8H2,2-4H3/t9-,10-,11-,12+,13-,14+,16+/m1/s1. The van der Waals surface area contributed by atoms with Gasteiger partial charge in [-0.25, -0.2) is 0 Å². The van der Waals surface area contributed by atoms with E-state index in [1.807, 2.05) is 20.8 Å². The summed E-state index contributed by atoms with van der Waals surface area (Å²) in [6, 6.07) is 0. The smallest absolute Gasteiger partial charge is 0.187 e. The fourth-order valence-corrected chi connectivity index (χ4v) is 3.04. The van der Waals surface area contributed by atoms with E-state index in [0.29, 0.717) is 0 Å². The maximum Gasteiger partial charge on any atom is 0.187 e. The van der Waals surface area contributed by atoms with Crippen molar-refractivity contribution in [3.8, 4) is 0 Å². The van der Waals surface area contributed by atoms with Gasteiger partial charge in [0.25, 0.3) is 0 Å². The Bertz CT molecular complexity index is 425. The van der Waals surface area contributed by atoms with Crippen LogP contribution in [0.2, 0.25) is 0 Å². The molecule has 0 aliphatic carbocycles. The average Bonchev–Trinajstić information content (AvgIpc) is 2.92. The lowest BCUT2D eigenvalue weighted by molar-refractivity contribution is -0.332. The average molecular weight is 332 g/mol. The monoisotopic (exact) mass is 332 g/mol. The van der Waals surface area contributed by atoms with Gasteiger partial charge < -0.3 is 34.6 Å². The van der Waals surface area contributed by atoms with Crippen LogP contribution in [0.5, 0.6) is 0 Å². The van der Waals surface area contributed by atoms with E-state index in [4.69, 9.17) is 14.2 Å². The summed E-state index contributed by atoms with van der Waals surface area (Å²) in [5.74, 6) is 0. The van der Waals surface area contributed by atoms with Crippen LogP contribution in [0.4, 0.5) is 0 Å². The van der Waals surface area contributed by atoms with Crippen LogP contribution < -0.4 is 0 Å². The van der Waals surface area contributed by atoms with Crippen molar-refractivity contribution in [3.05, 3.63) is 12.7 Å². The zero-order chi connectivity index (χ0) is 17.4. The highest BCUT2D eigenvalue weighted by Gasteiger charge is 2.49. The van der Waals surface area contributed by atoms with Crippen LogP contribution in [-0.2, 0) is 14.2 Å². The van der Waals surface area contributed by atoms with Gasteiger partial charge in [0.1, 0.15) is 24.4 Å². The maximum atomic E-state index is 10.1. The van der Waals surface area contributed by atoms with Gasteiger partial charge in [0.05, 0.1) is 23.9 Å². The molecule has 0 amide bonds. The summed E-state index contributed by atoms with van der Waals surface area (Å²) in [6.07, 6.45) is -3.34. The molecule has 2 saturated heterocycles. The Hall–Kier alpha value is -0.540. The number of aliphatic hydroxyl groups is 4. The molecule has 4 N–H and O–H groups in total.